The van der Waals surface area contributed by atoms with E-state index in [9.17, 15) is 4.79 Å². The fourth-order valence-electron chi connectivity index (χ4n) is 4.24. The maximum atomic E-state index is 13.3. The molecular formula is C22H24N8O. The summed E-state index contributed by atoms with van der Waals surface area (Å²) in [6.07, 6.45) is 5.21. The van der Waals surface area contributed by atoms with Gasteiger partial charge in [-0.2, -0.15) is 5.10 Å². The molecule has 0 unspecified atom stereocenters. The average Bonchev–Trinajstić information content (AvgIpc) is 3.15. The summed E-state index contributed by atoms with van der Waals surface area (Å²) in [5, 5.41) is 5.33. The molecule has 1 fully saturated rings. The first kappa shape index (κ1) is 19.4. The zero-order valence-electron chi connectivity index (χ0n) is 17.4. The van der Waals surface area contributed by atoms with Gasteiger partial charge >= 0.3 is 0 Å². The summed E-state index contributed by atoms with van der Waals surface area (Å²) >= 11 is 0. The average molecular weight is 416 g/mol. The van der Waals surface area contributed by atoms with Crippen LogP contribution in [0, 0.1) is 6.92 Å². The summed E-state index contributed by atoms with van der Waals surface area (Å²) in [7, 11) is 0. The molecule has 158 valence electrons. The predicted octanol–water partition coefficient (Wildman–Crippen LogP) is 1.92. The lowest BCUT2D eigenvalue weighted by atomic mass is 10.1. The van der Waals surface area contributed by atoms with Gasteiger partial charge in [0.15, 0.2) is 5.82 Å². The van der Waals surface area contributed by atoms with E-state index in [1.54, 1.807) is 17.0 Å². The Kier molecular flexibility index (Phi) is 4.74. The highest BCUT2D eigenvalue weighted by Gasteiger charge is 2.23. The number of nitrogens with zero attached hydrogens (tertiary/aromatic N) is 7. The van der Waals surface area contributed by atoms with Crippen LogP contribution in [0.25, 0.3) is 28.1 Å². The van der Waals surface area contributed by atoms with Crippen LogP contribution in [-0.2, 0) is 6.54 Å². The van der Waals surface area contributed by atoms with Gasteiger partial charge in [0, 0.05) is 36.4 Å². The van der Waals surface area contributed by atoms with Gasteiger partial charge in [-0.25, -0.2) is 19.6 Å². The van der Waals surface area contributed by atoms with Crippen molar-refractivity contribution in [2.45, 2.75) is 32.4 Å². The monoisotopic (exact) mass is 416 g/mol. The molecule has 0 spiro atoms. The van der Waals surface area contributed by atoms with Crippen molar-refractivity contribution in [2.75, 3.05) is 18.0 Å². The van der Waals surface area contributed by atoms with E-state index < -0.39 is 0 Å². The molecule has 5 rings (SSSR count). The fraction of sp³-hybridized carbons (Fsp3) is 0.318. The third-order valence-electron chi connectivity index (χ3n) is 5.73. The van der Waals surface area contributed by atoms with E-state index in [1.807, 2.05) is 31.2 Å². The Morgan fingerprint density at radius 3 is 2.87 bits per heavy atom. The van der Waals surface area contributed by atoms with E-state index >= 15 is 0 Å². The highest BCUT2D eigenvalue weighted by molar-refractivity contribution is 5.81. The van der Waals surface area contributed by atoms with Crippen LogP contribution in [0.3, 0.4) is 0 Å². The van der Waals surface area contributed by atoms with Crippen molar-refractivity contribution >= 4 is 34.1 Å². The molecule has 1 atom stereocenters. The summed E-state index contributed by atoms with van der Waals surface area (Å²) in [6, 6.07) is 7.92. The topological polar surface area (TPSA) is 108 Å². The number of aromatic nitrogens is 6. The Hall–Kier alpha value is -3.59. The Morgan fingerprint density at radius 2 is 2.06 bits per heavy atom. The number of anilines is 1. The molecule has 0 aliphatic carbocycles. The first-order valence-electron chi connectivity index (χ1n) is 10.4. The van der Waals surface area contributed by atoms with Crippen LogP contribution >= 0.6 is 0 Å². The minimum Gasteiger partial charge on any atom is -0.340 e. The fourth-order valence-corrected chi connectivity index (χ4v) is 4.24. The second kappa shape index (κ2) is 7.59. The number of hydrogen-bond donors (Lipinski definition) is 1. The summed E-state index contributed by atoms with van der Waals surface area (Å²) < 4.78 is 3.11. The molecule has 4 heterocycles. The lowest BCUT2D eigenvalue weighted by Gasteiger charge is -2.31. The molecule has 3 aromatic heterocycles. The maximum absolute atomic E-state index is 13.3. The van der Waals surface area contributed by atoms with Gasteiger partial charge in [0.2, 0.25) is 5.95 Å². The standard InChI is InChI=1S/C22H24N8O/c1-3-29-20-18(27-22(29)28-10-6-7-15(23)12-28)11-24-30(21(20)31)13-19-25-14(2)16-8-4-5-9-17(16)26-19/h3-5,8-9,11,15H,1,6-7,10,12-13,23H2,2H3/t15-/m1/s1. The normalized spacial score (nSPS) is 16.8. The second-order valence-corrected chi connectivity index (χ2v) is 7.90. The second-order valence-electron chi connectivity index (χ2n) is 7.90. The number of benzene rings is 1. The van der Waals surface area contributed by atoms with E-state index in [2.05, 4.69) is 31.5 Å². The lowest BCUT2D eigenvalue weighted by Crippen LogP contribution is -2.43. The number of rotatable bonds is 4. The molecule has 9 heteroatoms. The third-order valence-corrected chi connectivity index (χ3v) is 5.73. The molecule has 9 nitrogen and oxygen atoms in total. The van der Waals surface area contributed by atoms with Crippen LogP contribution in [0.1, 0.15) is 24.4 Å². The van der Waals surface area contributed by atoms with Crippen LogP contribution < -0.4 is 16.2 Å². The number of fused-ring (bicyclic) bond motifs is 2. The summed E-state index contributed by atoms with van der Waals surface area (Å²) in [5.74, 6) is 1.21. The SMILES string of the molecule is C=Cn1c(N2CCC[C@@H](N)C2)nc2cnn(Cc3nc(C)c4ccccc4n3)c(=O)c21. The van der Waals surface area contributed by atoms with Gasteiger partial charge in [-0.05, 0) is 25.8 Å². The molecule has 1 aromatic carbocycles. The van der Waals surface area contributed by atoms with Gasteiger partial charge in [0.05, 0.1) is 11.7 Å². The van der Waals surface area contributed by atoms with Gasteiger partial charge in [-0.3, -0.25) is 9.36 Å². The van der Waals surface area contributed by atoms with Crippen molar-refractivity contribution in [1.82, 2.24) is 29.3 Å². The van der Waals surface area contributed by atoms with Crippen molar-refractivity contribution in [2.24, 2.45) is 5.73 Å². The minimum atomic E-state index is -0.258. The van der Waals surface area contributed by atoms with Gasteiger partial charge in [-0.15, -0.1) is 0 Å². The summed E-state index contributed by atoms with van der Waals surface area (Å²) in [5.41, 5.74) is 8.58. The molecule has 1 aliphatic heterocycles. The van der Waals surface area contributed by atoms with Gasteiger partial charge in [-0.1, -0.05) is 24.8 Å². The molecule has 1 saturated heterocycles. The van der Waals surface area contributed by atoms with Crippen LogP contribution in [0.2, 0.25) is 0 Å². The number of imidazole rings is 1. The van der Waals surface area contributed by atoms with E-state index in [-0.39, 0.29) is 18.1 Å². The molecule has 2 N–H and O–H groups in total. The van der Waals surface area contributed by atoms with Crippen molar-refractivity contribution in [1.29, 1.82) is 0 Å². The number of nitrogens with two attached hydrogens (primary N) is 1. The highest BCUT2D eigenvalue weighted by atomic mass is 16.1. The van der Waals surface area contributed by atoms with Crippen molar-refractivity contribution in [3.05, 3.63) is 58.9 Å². The molecule has 0 amide bonds. The predicted molar refractivity (Wildman–Crippen MR) is 121 cm³/mol. The van der Waals surface area contributed by atoms with Crippen LogP contribution in [0.5, 0.6) is 0 Å². The van der Waals surface area contributed by atoms with Crippen LogP contribution in [0.4, 0.5) is 5.95 Å². The van der Waals surface area contributed by atoms with Crippen LogP contribution in [-0.4, -0.2) is 48.4 Å². The zero-order chi connectivity index (χ0) is 21.5. The van der Waals surface area contributed by atoms with Crippen LogP contribution in [0.15, 0.2) is 41.8 Å². The van der Waals surface area contributed by atoms with E-state index in [0.29, 0.717) is 29.4 Å². The molecule has 31 heavy (non-hydrogen) atoms. The maximum Gasteiger partial charge on any atom is 0.293 e. The number of aryl methyl sites for hydroxylation is 1. The zero-order valence-corrected chi connectivity index (χ0v) is 17.4. The largest absolute Gasteiger partial charge is 0.340 e. The smallest absolute Gasteiger partial charge is 0.293 e. The first-order chi connectivity index (χ1) is 15.0. The van der Waals surface area contributed by atoms with Crippen molar-refractivity contribution < 1.29 is 0 Å². The summed E-state index contributed by atoms with van der Waals surface area (Å²) in [4.78, 5) is 29.3. The van der Waals surface area contributed by atoms with E-state index in [1.165, 1.54) is 4.68 Å². The van der Waals surface area contributed by atoms with E-state index in [4.69, 9.17) is 5.73 Å². The molecule has 4 aromatic rings. The number of piperidine rings is 1. The van der Waals surface area contributed by atoms with Gasteiger partial charge in [0.1, 0.15) is 17.6 Å². The quantitative estimate of drug-likeness (QED) is 0.541. The Bertz CT molecular complexity index is 1360. The Labute approximate surface area is 178 Å². The van der Waals surface area contributed by atoms with Crippen molar-refractivity contribution in [3.63, 3.8) is 0 Å². The molecular weight excluding hydrogens is 392 g/mol. The Balaban J connectivity index is 1.57. The van der Waals surface area contributed by atoms with E-state index in [0.717, 1.165) is 36.0 Å². The van der Waals surface area contributed by atoms with Gasteiger partial charge < -0.3 is 10.6 Å². The first-order valence-corrected chi connectivity index (χ1v) is 10.4. The Morgan fingerprint density at radius 1 is 1.23 bits per heavy atom. The summed E-state index contributed by atoms with van der Waals surface area (Å²) in [6.45, 7) is 7.55. The highest BCUT2D eigenvalue weighted by Crippen LogP contribution is 2.23. The van der Waals surface area contributed by atoms with Crippen molar-refractivity contribution in [3.8, 4) is 0 Å². The number of para-hydroxylation sites is 1. The molecule has 1 aliphatic rings. The lowest BCUT2D eigenvalue weighted by molar-refractivity contribution is 0.499. The van der Waals surface area contributed by atoms with Gasteiger partial charge in [0.25, 0.3) is 5.56 Å². The molecule has 0 radical (unpaired) electrons. The third kappa shape index (κ3) is 3.36. The minimum absolute atomic E-state index is 0.0925. The molecule has 0 bridgehead atoms. The molecule has 0 saturated carbocycles. The number of hydrogen-bond acceptors (Lipinski definition) is 7.